The second kappa shape index (κ2) is 6.10. The maximum absolute atomic E-state index is 5.29. The van der Waals surface area contributed by atoms with Crippen molar-refractivity contribution in [2.75, 3.05) is 14.2 Å². The number of aryl methyl sites for hydroxylation is 3. The van der Waals surface area contributed by atoms with Crippen LogP contribution >= 0.6 is 0 Å². The Balaban J connectivity index is 2.49. The van der Waals surface area contributed by atoms with E-state index in [2.05, 4.69) is 56.4 Å². The third-order valence-corrected chi connectivity index (χ3v) is 3.82. The zero-order valence-corrected chi connectivity index (χ0v) is 12.9. The van der Waals surface area contributed by atoms with Crippen molar-refractivity contribution in [2.45, 2.75) is 26.8 Å². The highest BCUT2D eigenvalue weighted by molar-refractivity contribution is 5.44. The van der Waals surface area contributed by atoms with Crippen LogP contribution in [0.2, 0.25) is 0 Å². The highest BCUT2D eigenvalue weighted by atomic mass is 16.5. The number of benzene rings is 2. The Kier molecular flexibility index (Phi) is 4.46. The van der Waals surface area contributed by atoms with Crippen molar-refractivity contribution < 1.29 is 4.74 Å². The van der Waals surface area contributed by atoms with Crippen molar-refractivity contribution in [3.05, 3.63) is 64.2 Å². The first-order valence-corrected chi connectivity index (χ1v) is 6.95. The minimum Gasteiger partial charge on any atom is -0.497 e. The van der Waals surface area contributed by atoms with E-state index >= 15 is 0 Å². The number of nitrogens with one attached hydrogen (secondary N) is 1. The van der Waals surface area contributed by atoms with Crippen molar-refractivity contribution in [2.24, 2.45) is 0 Å². The monoisotopic (exact) mass is 269 g/mol. The molecule has 0 saturated heterocycles. The highest BCUT2D eigenvalue weighted by Gasteiger charge is 2.16. The van der Waals surface area contributed by atoms with Crippen molar-refractivity contribution in [3.63, 3.8) is 0 Å². The van der Waals surface area contributed by atoms with Gasteiger partial charge in [-0.1, -0.05) is 29.8 Å². The van der Waals surface area contributed by atoms with Crippen LogP contribution in [0.3, 0.4) is 0 Å². The Morgan fingerprint density at radius 1 is 0.900 bits per heavy atom. The topological polar surface area (TPSA) is 21.3 Å². The molecule has 2 aromatic rings. The molecular weight excluding hydrogens is 246 g/mol. The molecule has 0 aliphatic heterocycles. The summed E-state index contributed by atoms with van der Waals surface area (Å²) in [5.41, 5.74) is 6.47. The van der Waals surface area contributed by atoms with Gasteiger partial charge < -0.3 is 10.1 Å². The van der Waals surface area contributed by atoms with E-state index < -0.39 is 0 Å². The fourth-order valence-corrected chi connectivity index (χ4v) is 2.65. The van der Waals surface area contributed by atoms with Crippen LogP contribution in [0.4, 0.5) is 0 Å². The van der Waals surface area contributed by atoms with Crippen LogP contribution in [-0.4, -0.2) is 14.2 Å². The summed E-state index contributed by atoms with van der Waals surface area (Å²) in [5.74, 6) is 0.905. The summed E-state index contributed by atoms with van der Waals surface area (Å²) in [5, 5.41) is 3.44. The molecule has 2 nitrogen and oxygen atoms in total. The normalized spacial score (nSPS) is 12.2. The molecule has 0 bridgehead atoms. The van der Waals surface area contributed by atoms with Gasteiger partial charge in [-0.15, -0.1) is 0 Å². The van der Waals surface area contributed by atoms with E-state index in [0.29, 0.717) is 0 Å². The van der Waals surface area contributed by atoms with Gasteiger partial charge in [0.2, 0.25) is 0 Å². The zero-order chi connectivity index (χ0) is 14.7. The molecule has 0 aliphatic rings. The molecule has 1 unspecified atom stereocenters. The van der Waals surface area contributed by atoms with Gasteiger partial charge >= 0.3 is 0 Å². The van der Waals surface area contributed by atoms with Gasteiger partial charge in [-0.05, 0) is 62.2 Å². The Hall–Kier alpha value is -1.80. The van der Waals surface area contributed by atoms with Gasteiger partial charge in [0.05, 0.1) is 13.2 Å². The Morgan fingerprint density at radius 3 is 2.25 bits per heavy atom. The molecule has 0 saturated carbocycles. The lowest BCUT2D eigenvalue weighted by Gasteiger charge is -2.22. The molecule has 0 heterocycles. The quantitative estimate of drug-likeness (QED) is 0.908. The molecule has 106 valence electrons. The summed E-state index contributed by atoms with van der Waals surface area (Å²) < 4.78 is 5.29. The minimum atomic E-state index is 0.209. The van der Waals surface area contributed by atoms with E-state index in [1.807, 2.05) is 13.1 Å². The lowest BCUT2D eigenvalue weighted by atomic mass is 9.91. The van der Waals surface area contributed by atoms with Gasteiger partial charge in [0.15, 0.2) is 0 Å². The van der Waals surface area contributed by atoms with E-state index in [-0.39, 0.29) is 6.04 Å². The van der Waals surface area contributed by atoms with Crippen LogP contribution in [0.25, 0.3) is 0 Å². The molecule has 2 rings (SSSR count). The maximum atomic E-state index is 5.29. The molecule has 1 atom stereocenters. The largest absolute Gasteiger partial charge is 0.497 e. The van der Waals surface area contributed by atoms with Gasteiger partial charge in [-0.3, -0.25) is 0 Å². The van der Waals surface area contributed by atoms with Crippen LogP contribution in [0.15, 0.2) is 36.4 Å². The van der Waals surface area contributed by atoms with Gasteiger partial charge in [-0.25, -0.2) is 0 Å². The number of hydrogen-bond acceptors (Lipinski definition) is 2. The lowest BCUT2D eigenvalue weighted by Crippen LogP contribution is -2.19. The van der Waals surface area contributed by atoms with Crippen LogP contribution < -0.4 is 10.1 Å². The van der Waals surface area contributed by atoms with E-state index in [9.17, 15) is 0 Å². The Labute approximate surface area is 121 Å². The van der Waals surface area contributed by atoms with Gasteiger partial charge in [0.25, 0.3) is 0 Å². The van der Waals surface area contributed by atoms with Crippen molar-refractivity contribution in [1.29, 1.82) is 0 Å². The fraction of sp³-hybridized carbons (Fsp3) is 0.333. The summed E-state index contributed by atoms with van der Waals surface area (Å²) in [4.78, 5) is 0. The molecular formula is C18H23NO. The standard InChI is InChI=1S/C18H23NO/c1-12-6-7-13(2)17(10-12)18(19-4)16-9-8-15(20-5)11-14(16)3/h6-11,18-19H,1-5H3. The number of methoxy groups -OCH3 is 1. The molecule has 2 heteroatoms. The van der Waals surface area contributed by atoms with Crippen LogP contribution in [0, 0.1) is 20.8 Å². The summed E-state index contributed by atoms with van der Waals surface area (Å²) in [6.45, 7) is 6.43. The van der Waals surface area contributed by atoms with Gasteiger partial charge in [0, 0.05) is 0 Å². The first-order chi connectivity index (χ1) is 9.56. The molecule has 1 N–H and O–H groups in total. The minimum absolute atomic E-state index is 0.209. The molecule has 0 fully saturated rings. The molecule has 0 radical (unpaired) electrons. The van der Waals surface area contributed by atoms with Crippen LogP contribution in [0.1, 0.15) is 33.9 Å². The Bertz CT molecular complexity index is 604. The predicted octanol–water partition coefficient (Wildman–Crippen LogP) is 3.93. The predicted molar refractivity (Wildman–Crippen MR) is 84.5 cm³/mol. The van der Waals surface area contributed by atoms with Crippen molar-refractivity contribution in [3.8, 4) is 5.75 Å². The Morgan fingerprint density at radius 2 is 1.65 bits per heavy atom. The third-order valence-electron chi connectivity index (χ3n) is 3.82. The highest BCUT2D eigenvalue weighted by Crippen LogP contribution is 2.29. The average Bonchev–Trinajstić information content (AvgIpc) is 2.44. The van der Waals surface area contributed by atoms with E-state index in [1.165, 1.54) is 27.8 Å². The number of hydrogen-bond donors (Lipinski definition) is 1. The lowest BCUT2D eigenvalue weighted by molar-refractivity contribution is 0.414. The molecule has 2 aromatic carbocycles. The maximum Gasteiger partial charge on any atom is 0.119 e. The van der Waals surface area contributed by atoms with Crippen LogP contribution in [-0.2, 0) is 0 Å². The van der Waals surface area contributed by atoms with Crippen molar-refractivity contribution in [1.82, 2.24) is 5.32 Å². The van der Waals surface area contributed by atoms with Crippen molar-refractivity contribution >= 4 is 0 Å². The van der Waals surface area contributed by atoms with Crippen LogP contribution in [0.5, 0.6) is 5.75 Å². The summed E-state index contributed by atoms with van der Waals surface area (Å²) in [7, 11) is 3.71. The molecule has 0 aromatic heterocycles. The summed E-state index contributed by atoms with van der Waals surface area (Å²) >= 11 is 0. The van der Waals surface area contributed by atoms with Gasteiger partial charge in [-0.2, -0.15) is 0 Å². The molecule has 0 spiro atoms. The summed E-state index contributed by atoms with van der Waals surface area (Å²) in [6.07, 6.45) is 0. The first kappa shape index (κ1) is 14.6. The third kappa shape index (κ3) is 2.86. The average molecular weight is 269 g/mol. The van der Waals surface area contributed by atoms with E-state index in [0.717, 1.165) is 5.75 Å². The van der Waals surface area contributed by atoms with E-state index in [4.69, 9.17) is 4.74 Å². The molecule has 20 heavy (non-hydrogen) atoms. The SMILES string of the molecule is CNC(c1ccc(OC)cc1C)c1cc(C)ccc1C. The number of rotatable bonds is 4. The second-order valence-corrected chi connectivity index (χ2v) is 5.30. The zero-order valence-electron chi connectivity index (χ0n) is 12.9. The second-order valence-electron chi connectivity index (χ2n) is 5.30. The molecule has 0 amide bonds. The summed E-state index contributed by atoms with van der Waals surface area (Å²) in [6, 6.07) is 13.1. The number of ether oxygens (including phenoxy) is 1. The smallest absolute Gasteiger partial charge is 0.119 e. The fourth-order valence-electron chi connectivity index (χ4n) is 2.65. The first-order valence-electron chi connectivity index (χ1n) is 6.95. The molecule has 0 aliphatic carbocycles. The van der Waals surface area contributed by atoms with Gasteiger partial charge in [0.1, 0.15) is 5.75 Å². The van der Waals surface area contributed by atoms with E-state index in [1.54, 1.807) is 7.11 Å².